The van der Waals surface area contributed by atoms with Gasteiger partial charge in [-0.3, -0.25) is 0 Å². The minimum atomic E-state index is 0.541. The predicted octanol–water partition coefficient (Wildman–Crippen LogP) is 0.765. The molecule has 0 radical (unpaired) electrons. The summed E-state index contributed by atoms with van der Waals surface area (Å²) in [4.78, 5) is 3.87. The average Bonchev–Trinajstić information content (AvgIpc) is 1.85. The minimum Gasteiger partial charge on any atom is -0.382 e. The number of hydrogen-bond donors (Lipinski definition) is 1. The van der Waals surface area contributed by atoms with E-state index in [1.807, 2.05) is 7.05 Å². The van der Waals surface area contributed by atoms with Gasteiger partial charge in [-0.2, -0.15) is 0 Å². The number of nitrogen functional groups attached to an aromatic ring is 1. The number of aromatic nitrogens is 2. The Bertz CT molecular complexity index is 174. The molecule has 3 nitrogen and oxygen atoms in total. The summed E-state index contributed by atoms with van der Waals surface area (Å²) in [5.41, 5.74) is 5.32. The van der Waals surface area contributed by atoms with Crippen LogP contribution in [0.25, 0.3) is 0 Å². The van der Waals surface area contributed by atoms with Crippen molar-refractivity contribution < 1.29 is 0 Å². The summed E-state index contributed by atoms with van der Waals surface area (Å²) in [7, 11) is 1.87. The molecule has 0 aliphatic heterocycles. The summed E-state index contributed by atoms with van der Waals surface area (Å²) in [5.74, 6) is 0.541. The first kappa shape index (κ1) is 5.62. The second kappa shape index (κ2) is 1.78. The number of halogens is 1. The maximum absolute atomic E-state index is 5.32. The molecule has 2 N–H and O–H groups in total. The normalized spacial score (nSPS) is 9.75. The van der Waals surface area contributed by atoms with Gasteiger partial charge in [0.1, 0.15) is 5.82 Å². The van der Waals surface area contributed by atoms with Crippen LogP contribution in [0.1, 0.15) is 0 Å². The number of nitrogens with two attached hydrogens (primary N) is 1. The highest BCUT2D eigenvalue weighted by Crippen LogP contribution is 2.07. The average molecular weight is 176 g/mol. The van der Waals surface area contributed by atoms with Crippen molar-refractivity contribution in [3.05, 3.63) is 10.9 Å². The van der Waals surface area contributed by atoms with Gasteiger partial charge in [-0.15, -0.1) is 0 Å². The SMILES string of the molecule is Cn1cc(N)nc1Br. The summed E-state index contributed by atoms with van der Waals surface area (Å²) < 4.78 is 2.56. The lowest BCUT2D eigenvalue weighted by molar-refractivity contribution is 0.881. The Morgan fingerprint density at radius 3 is 2.62 bits per heavy atom. The van der Waals surface area contributed by atoms with Crippen molar-refractivity contribution >= 4 is 21.7 Å². The second-order valence-corrected chi connectivity index (χ2v) is 2.25. The maximum Gasteiger partial charge on any atom is 0.178 e. The third-order valence-corrected chi connectivity index (χ3v) is 1.58. The first-order valence-corrected chi connectivity index (χ1v) is 2.94. The predicted molar refractivity (Wildman–Crippen MR) is 35.3 cm³/mol. The Hall–Kier alpha value is -0.510. The third-order valence-electron chi connectivity index (χ3n) is 0.838. The van der Waals surface area contributed by atoms with Gasteiger partial charge in [0.2, 0.25) is 0 Å². The largest absolute Gasteiger partial charge is 0.382 e. The molecule has 0 fully saturated rings. The molecule has 0 aliphatic rings. The topological polar surface area (TPSA) is 43.8 Å². The highest BCUT2D eigenvalue weighted by Gasteiger charge is 1.94. The number of hydrogen-bond acceptors (Lipinski definition) is 2. The van der Waals surface area contributed by atoms with Crippen LogP contribution in [0.3, 0.4) is 0 Å². The van der Waals surface area contributed by atoms with Gasteiger partial charge in [0.05, 0.1) is 0 Å². The van der Waals surface area contributed by atoms with Gasteiger partial charge >= 0.3 is 0 Å². The van der Waals surface area contributed by atoms with Crippen LogP contribution in [-0.2, 0) is 7.05 Å². The Kier molecular flexibility index (Phi) is 1.25. The van der Waals surface area contributed by atoms with Gasteiger partial charge < -0.3 is 10.3 Å². The van der Waals surface area contributed by atoms with Crippen LogP contribution in [0.4, 0.5) is 5.82 Å². The molecule has 1 heterocycles. The lowest BCUT2D eigenvalue weighted by atomic mass is 10.8. The van der Waals surface area contributed by atoms with Crippen LogP contribution in [-0.4, -0.2) is 9.55 Å². The monoisotopic (exact) mass is 175 g/mol. The van der Waals surface area contributed by atoms with Crippen molar-refractivity contribution in [2.75, 3.05) is 5.73 Å². The summed E-state index contributed by atoms with van der Waals surface area (Å²) in [5, 5.41) is 0. The molecule has 0 unspecified atom stereocenters. The van der Waals surface area contributed by atoms with E-state index in [1.54, 1.807) is 10.8 Å². The number of rotatable bonds is 0. The van der Waals surface area contributed by atoms with Crippen molar-refractivity contribution in [3.63, 3.8) is 0 Å². The molecular formula is C4H6BrN3. The molecule has 0 saturated heterocycles. The number of anilines is 1. The van der Waals surface area contributed by atoms with Crippen molar-refractivity contribution in [1.82, 2.24) is 9.55 Å². The van der Waals surface area contributed by atoms with E-state index in [0.717, 1.165) is 4.73 Å². The molecule has 1 aromatic heterocycles. The lowest BCUT2D eigenvalue weighted by Crippen LogP contribution is -1.82. The Morgan fingerprint density at radius 1 is 1.88 bits per heavy atom. The van der Waals surface area contributed by atoms with Crippen molar-refractivity contribution in [1.29, 1.82) is 0 Å². The Balaban J connectivity index is 3.14. The van der Waals surface area contributed by atoms with E-state index in [-0.39, 0.29) is 0 Å². The van der Waals surface area contributed by atoms with Crippen LogP contribution < -0.4 is 5.73 Å². The van der Waals surface area contributed by atoms with E-state index < -0.39 is 0 Å². The van der Waals surface area contributed by atoms with E-state index in [9.17, 15) is 0 Å². The molecule has 0 bridgehead atoms. The zero-order valence-corrected chi connectivity index (χ0v) is 6.01. The number of imidazole rings is 1. The van der Waals surface area contributed by atoms with E-state index in [0.29, 0.717) is 5.82 Å². The van der Waals surface area contributed by atoms with E-state index >= 15 is 0 Å². The van der Waals surface area contributed by atoms with Gasteiger partial charge in [-0.1, -0.05) is 0 Å². The smallest absolute Gasteiger partial charge is 0.178 e. The van der Waals surface area contributed by atoms with Gasteiger partial charge in [0.15, 0.2) is 4.73 Å². The molecule has 1 rings (SSSR count). The van der Waals surface area contributed by atoms with Crippen LogP contribution >= 0.6 is 15.9 Å². The fourth-order valence-corrected chi connectivity index (χ4v) is 0.773. The van der Waals surface area contributed by atoms with E-state index in [2.05, 4.69) is 20.9 Å². The first-order valence-electron chi connectivity index (χ1n) is 2.14. The fraction of sp³-hybridized carbons (Fsp3) is 0.250. The molecule has 8 heavy (non-hydrogen) atoms. The molecule has 1 aromatic rings. The molecule has 0 amide bonds. The van der Waals surface area contributed by atoms with Crippen molar-refractivity contribution in [3.8, 4) is 0 Å². The highest BCUT2D eigenvalue weighted by molar-refractivity contribution is 9.10. The first-order chi connectivity index (χ1) is 3.70. The number of nitrogens with zero attached hydrogens (tertiary/aromatic N) is 2. The van der Waals surface area contributed by atoms with Gasteiger partial charge in [-0.05, 0) is 15.9 Å². The lowest BCUT2D eigenvalue weighted by Gasteiger charge is -1.84. The molecule has 44 valence electrons. The molecule has 0 spiro atoms. The van der Waals surface area contributed by atoms with Crippen molar-refractivity contribution in [2.45, 2.75) is 0 Å². The van der Waals surface area contributed by atoms with Crippen LogP contribution in [0, 0.1) is 0 Å². The standard InChI is InChI=1S/C4H6BrN3/c1-8-2-3(6)7-4(8)5/h2H,6H2,1H3. The van der Waals surface area contributed by atoms with Gasteiger partial charge in [0, 0.05) is 13.2 Å². The molecule has 0 aromatic carbocycles. The summed E-state index contributed by atoms with van der Waals surface area (Å²) in [6, 6.07) is 0. The molecule has 0 saturated carbocycles. The Morgan fingerprint density at radius 2 is 2.50 bits per heavy atom. The van der Waals surface area contributed by atoms with E-state index in [1.165, 1.54) is 0 Å². The van der Waals surface area contributed by atoms with Gasteiger partial charge in [0.25, 0.3) is 0 Å². The van der Waals surface area contributed by atoms with Crippen LogP contribution in [0.5, 0.6) is 0 Å². The summed E-state index contributed by atoms with van der Waals surface area (Å²) in [6.45, 7) is 0. The molecule has 0 atom stereocenters. The van der Waals surface area contributed by atoms with Crippen molar-refractivity contribution in [2.24, 2.45) is 7.05 Å². The minimum absolute atomic E-state index is 0.541. The second-order valence-electron chi connectivity index (χ2n) is 1.55. The third kappa shape index (κ3) is 0.838. The molecule has 4 heteroatoms. The highest BCUT2D eigenvalue weighted by atomic mass is 79.9. The van der Waals surface area contributed by atoms with E-state index in [4.69, 9.17) is 5.73 Å². The summed E-state index contributed by atoms with van der Waals surface area (Å²) in [6.07, 6.45) is 1.74. The fourth-order valence-electron chi connectivity index (χ4n) is 0.466. The maximum atomic E-state index is 5.32. The zero-order chi connectivity index (χ0) is 6.15. The number of aryl methyl sites for hydroxylation is 1. The van der Waals surface area contributed by atoms with Crippen LogP contribution in [0.2, 0.25) is 0 Å². The molecular weight excluding hydrogens is 170 g/mol. The summed E-state index contributed by atoms with van der Waals surface area (Å²) >= 11 is 3.19. The van der Waals surface area contributed by atoms with Crippen LogP contribution in [0.15, 0.2) is 10.9 Å². The zero-order valence-electron chi connectivity index (χ0n) is 4.43. The quantitative estimate of drug-likeness (QED) is 0.634. The Labute approximate surface area is 55.6 Å². The van der Waals surface area contributed by atoms with Gasteiger partial charge in [-0.25, -0.2) is 4.98 Å². The molecule has 0 aliphatic carbocycles.